The van der Waals surface area contributed by atoms with Crippen LogP contribution in [-0.2, 0) is 27.6 Å². The number of anilines is 4. The Balaban J connectivity index is 1.70. The van der Waals surface area contributed by atoms with E-state index in [0.29, 0.717) is 40.9 Å². The molecule has 170 valence electrons. The van der Waals surface area contributed by atoms with Crippen LogP contribution in [0.2, 0.25) is 0 Å². The fraction of sp³-hybridized carbons (Fsp3) is 0.333. The lowest BCUT2D eigenvalue weighted by Gasteiger charge is -2.22. The van der Waals surface area contributed by atoms with E-state index < -0.39 is 9.84 Å². The molecule has 0 bridgehead atoms. The van der Waals surface area contributed by atoms with E-state index in [4.69, 9.17) is 11.5 Å². The van der Waals surface area contributed by atoms with Gasteiger partial charge in [-0.05, 0) is 17.9 Å². The number of hydrogen-bond acceptors (Lipinski definition) is 9. The molecule has 0 saturated carbocycles. The minimum Gasteiger partial charge on any atom is -0.383 e. The van der Waals surface area contributed by atoms with Crippen molar-refractivity contribution in [2.75, 3.05) is 39.8 Å². The van der Waals surface area contributed by atoms with E-state index in [1.54, 1.807) is 16.8 Å². The van der Waals surface area contributed by atoms with E-state index in [-0.39, 0.29) is 47.1 Å². The molecule has 5 N–H and O–H groups in total. The first-order valence-electron chi connectivity index (χ1n) is 10.3. The van der Waals surface area contributed by atoms with Gasteiger partial charge in [0.05, 0.1) is 42.9 Å². The van der Waals surface area contributed by atoms with Gasteiger partial charge in [0.2, 0.25) is 17.5 Å². The Morgan fingerprint density at radius 1 is 1.39 bits per heavy atom. The normalized spacial score (nSPS) is 19.1. The molecular weight excluding hydrogens is 462 g/mol. The van der Waals surface area contributed by atoms with Gasteiger partial charge in [-0.2, -0.15) is 5.26 Å². The van der Waals surface area contributed by atoms with Gasteiger partial charge in [-0.1, -0.05) is 6.07 Å². The molecule has 0 aliphatic carbocycles. The van der Waals surface area contributed by atoms with Crippen LogP contribution in [0.15, 0.2) is 17.5 Å². The van der Waals surface area contributed by atoms with Crippen LogP contribution in [0.25, 0.3) is 10.8 Å². The lowest BCUT2D eigenvalue weighted by molar-refractivity contribution is -0.344. The Morgan fingerprint density at radius 3 is 2.82 bits per heavy atom. The quantitative estimate of drug-likeness (QED) is 0.551. The molecule has 0 spiro atoms. The fourth-order valence-corrected chi connectivity index (χ4v) is 7.13. The third-order valence-electron chi connectivity index (χ3n) is 6.31. The second-order valence-corrected chi connectivity index (χ2v) is 11.6. The maximum atomic E-state index is 12.9. The third-order valence-corrected chi connectivity index (χ3v) is 8.92. The fourth-order valence-electron chi connectivity index (χ4n) is 4.66. The predicted molar refractivity (Wildman–Crippen MR) is 127 cm³/mol. The average molecular weight is 485 g/mol. The number of H-pyrrole nitrogens is 1. The smallest absolute Gasteiger partial charge is 0.240 e. The van der Waals surface area contributed by atoms with Crippen molar-refractivity contribution in [3.63, 3.8) is 0 Å². The van der Waals surface area contributed by atoms with E-state index in [2.05, 4.69) is 16.0 Å². The van der Waals surface area contributed by atoms with Crippen LogP contribution in [0.1, 0.15) is 22.4 Å². The number of nitrogens with two attached hydrogens (primary N) is 2. The molecule has 2 aliphatic heterocycles. The number of nitriles is 1. The van der Waals surface area contributed by atoms with Crippen LogP contribution in [0.4, 0.5) is 23.3 Å². The van der Waals surface area contributed by atoms with Crippen molar-refractivity contribution in [1.29, 1.82) is 5.26 Å². The first-order valence-corrected chi connectivity index (χ1v) is 13.0. The Morgan fingerprint density at radius 2 is 2.18 bits per heavy atom. The van der Waals surface area contributed by atoms with Gasteiger partial charge in [0.1, 0.15) is 23.3 Å². The lowest BCUT2D eigenvalue weighted by atomic mass is 10.00. The zero-order valence-electron chi connectivity index (χ0n) is 17.8. The molecule has 5 rings (SSSR count). The number of fused-ring (bicyclic) bond motifs is 3. The number of carbonyl (C=O) groups excluding carboxylic acids is 1. The first kappa shape index (κ1) is 21.4. The molecule has 3 aromatic rings. The minimum atomic E-state index is -3.13. The molecule has 1 saturated heterocycles. The number of sulfone groups is 1. The van der Waals surface area contributed by atoms with E-state index >= 15 is 0 Å². The van der Waals surface area contributed by atoms with Crippen LogP contribution in [-0.4, -0.2) is 43.9 Å². The summed E-state index contributed by atoms with van der Waals surface area (Å²) in [4.78, 5) is 24.8. The van der Waals surface area contributed by atoms with Crippen molar-refractivity contribution >= 4 is 61.1 Å². The highest BCUT2D eigenvalue weighted by Crippen LogP contribution is 2.41. The van der Waals surface area contributed by atoms with Gasteiger partial charge in [0.25, 0.3) is 0 Å². The van der Waals surface area contributed by atoms with Crippen molar-refractivity contribution in [1.82, 2.24) is 4.98 Å². The largest absolute Gasteiger partial charge is 0.383 e. The van der Waals surface area contributed by atoms with E-state index in [1.807, 2.05) is 17.5 Å². The third kappa shape index (κ3) is 3.44. The topological polar surface area (TPSA) is 161 Å². The molecule has 1 atom stereocenters. The zero-order chi connectivity index (χ0) is 23.5. The van der Waals surface area contributed by atoms with E-state index in [9.17, 15) is 18.5 Å². The summed E-state index contributed by atoms with van der Waals surface area (Å²) in [6.07, 6.45) is 0.530. The van der Waals surface area contributed by atoms with Crippen LogP contribution in [0.3, 0.4) is 0 Å². The van der Waals surface area contributed by atoms with Gasteiger partial charge in [-0.3, -0.25) is 14.6 Å². The molecule has 33 heavy (non-hydrogen) atoms. The maximum absolute atomic E-state index is 12.9. The van der Waals surface area contributed by atoms with Crippen molar-refractivity contribution in [2.24, 2.45) is 0 Å². The summed E-state index contributed by atoms with van der Waals surface area (Å²) in [5, 5.41) is 13.0. The van der Waals surface area contributed by atoms with Crippen LogP contribution in [0, 0.1) is 11.3 Å². The number of aromatic nitrogens is 2. The van der Waals surface area contributed by atoms with Gasteiger partial charge in [0, 0.05) is 15.8 Å². The van der Waals surface area contributed by atoms with Crippen molar-refractivity contribution in [3.8, 4) is 6.07 Å². The van der Waals surface area contributed by atoms with E-state index in [1.165, 1.54) is 11.3 Å². The van der Waals surface area contributed by atoms with Crippen molar-refractivity contribution in [3.05, 3.63) is 33.5 Å². The standard InChI is InChI=1S/C21H21N7O3S2/c1-27(11-4-6-33(30,31)10-11)20-14(8-22)16-13-7-15(29)28(9-12-3-2-5-32-12)21(13)26-19(24)17(16)18(23)25-20/h2-3,5,11H,4,6-7,9-10H2,1H3,(H2,23,25)(H2,24,26)/p+1/t11-/m1/s1. The van der Waals surface area contributed by atoms with Crippen molar-refractivity contribution in [2.45, 2.75) is 25.4 Å². The molecule has 2 aliphatic rings. The average Bonchev–Trinajstić information content (AvgIpc) is 3.48. The Hall–Kier alpha value is -3.43. The lowest BCUT2D eigenvalue weighted by Crippen LogP contribution is -2.38. The molecule has 0 aromatic carbocycles. The van der Waals surface area contributed by atoms with Gasteiger partial charge >= 0.3 is 0 Å². The summed E-state index contributed by atoms with van der Waals surface area (Å²) < 4.78 is 24.0. The summed E-state index contributed by atoms with van der Waals surface area (Å²) in [6, 6.07) is 5.80. The van der Waals surface area contributed by atoms with Crippen LogP contribution >= 0.6 is 11.3 Å². The highest BCUT2D eigenvalue weighted by molar-refractivity contribution is 7.91. The predicted octanol–water partition coefficient (Wildman–Crippen LogP) is 0.859. The van der Waals surface area contributed by atoms with Gasteiger partial charge < -0.3 is 11.5 Å². The number of carbonyl (C=O) groups is 1. The molecule has 10 nitrogen and oxygen atoms in total. The number of rotatable bonds is 4. The summed E-state index contributed by atoms with van der Waals surface area (Å²) in [6.45, 7) is 0.366. The first-order chi connectivity index (χ1) is 15.7. The molecule has 0 unspecified atom stereocenters. The molecule has 5 heterocycles. The molecule has 1 amide bonds. The molecule has 12 heteroatoms. The minimum absolute atomic E-state index is 0.00379. The summed E-state index contributed by atoms with van der Waals surface area (Å²) in [5.74, 6) is 1.14. The molecular formula is C21H22N7O3S2+. The number of aromatic amines is 1. The van der Waals surface area contributed by atoms with Crippen LogP contribution < -0.4 is 26.3 Å². The number of pyridine rings is 2. The Bertz CT molecular complexity index is 1450. The summed E-state index contributed by atoms with van der Waals surface area (Å²) >= 11 is 1.54. The molecule has 0 radical (unpaired) electrons. The van der Waals surface area contributed by atoms with Gasteiger partial charge in [0.15, 0.2) is 9.84 Å². The SMILES string of the molecule is CN(c1[nH+]c(N)c2c(N)nc3c(c2c1C#N)CC(=O)N3Cc1cccs1)[C@@H]1CCS(=O)(=O)C1. The Kier molecular flexibility index (Phi) is 4.91. The van der Waals surface area contributed by atoms with Gasteiger partial charge in [-0.25, -0.2) is 18.4 Å². The number of nitrogens with zero attached hydrogens (tertiary/aromatic N) is 4. The maximum Gasteiger partial charge on any atom is 0.240 e. The summed E-state index contributed by atoms with van der Waals surface area (Å²) in [7, 11) is -1.39. The number of nitrogens with one attached hydrogen (secondary N) is 1. The molecule has 3 aromatic heterocycles. The number of amides is 1. The molecule has 1 fully saturated rings. The summed E-state index contributed by atoms with van der Waals surface area (Å²) in [5.41, 5.74) is 13.5. The zero-order valence-corrected chi connectivity index (χ0v) is 19.5. The highest BCUT2D eigenvalue weighted by Gasteiger charge is 2.38. The van der Waals surface area contributed by atoms with E-state index in [0.717, 1.165) is 4.88 Å². The number of thiophene rings is 1. The monoisotopic (exact) mass is 484 g/mol. The second-order valence-electron chi connectivity index (χ2n) is 8.33. The van der Waals surface area contributed by atoms with Crippen LogP contribution in [0.5, 0.6) is 0 Å². The highest BCUT2D eigenvalue weighted by atomic mass is 32.2. The number of hydrogen-bond donors (Lipinski definition) is 2. The number of nitrogen functional groups attached to an aromatic ring is 2. The van der Waals surface area contributed by atoms with Crippen molar-refractivity contribution < 1.29 is 18.2 Å². The second kappa shape index (κ2) is 7.57. The Labute approximate surface area is 194 Å². The van der Waals surface area contributed by atoms with Gasteiger partial charge in [-0.15, -0.1) is 11.3 Å².